The van der Waals surface area contributed by atoms with Crippen molar-refractivity contribution in [2.24, 2.45) is 22.2 Å². The van der Waals surface area contributed by atoms with Gasteiger partial charge in [-0.1, -0.05) is 42.5 Å². The zero-order chi connectivity index (χ0) is 30.6. The van der Waals surface area contributed by atoms with Crippen LogP contribution in [0.25, 0.3) is 0 Å². The summed E-state index contributed by atoms with van der Waals surface area (Å²) in [4.78, 5) is 57.2. The molecule has 4 atom stereocenters. The number of guanidine groups is 1. The summed E-state index contributed by atoms with van der Waals surface area (Å²) < 4.78 is 0. The number of likely N-dealkylation sites (tertiary alicyclic amines) is 1. The molecule has 2 aromatic carbocycles. The van der Waals surface area contributed by atoms with Gasteiger partial charge in [0.2, 0.25) is 17.7 Å². The summed E-state index contributed by atoms with van der Waals surface area (Å²) >= 11 is 0. The lowest BCUT2D eigenvalue weighted by atomic mass is 10.0. The molecular weight excluding hydrogens is 542 g/mol. The van der Waals surface area contributed by atoms with E-state index in [1.54, 1.807) is 12.1 Å². The van der Waals surface area contributed by atoms with Crippen LogP contribution in [0.1, 0.15) is 36.8 Å². The van der Waals surface area contributed by atoms with Crippen molar-refractivity contribution in [3.63, 3.8) is 0 Å². The number of hydrogen-bond acceptors (Lipinski definition) is 7. The minimum atomic E-state index is -1.29. The van der Waals surface area contributed by atoms with Gasteiger partial charge in [-0.2, -0.15) is 0 Å². The number of nitrogens with zero attached hydrogens (tertiary/aromatic N) is 2. The first-order valence-corrected chi connectivity index (χ1v) is 13.8. The van der Waals surface area contributed by atoms with Crippen LogP contribution in [-0.2, 0) is 32.0 Å². The fourth-order valence-corrected chi connectivity index (χ4v) is 4.85. The van der Waals surface area contributed by atoms with Crippen LogP contribution < -0.4 is 27.8 Å². The molecule has 13 nitrogen and oxygen atoms in total. The number of carbonyl (C=O) groups excluding carboxylic acids is 3. The Bertz CT molecular complexity index is 1250. The fourth-order valence-electron chi connectivity index (χ4n) is 4.85. The minimum Gasteiger partial charge on any atom is -0.508 e. The highest BCUT2D eigenvalue weighted by molar-refractivity contribution is 5.94. The van der Waals surface area contributed by atoms with Crippen LogP contribution in [0.5, 0.6) is 5.75 Å². The van der Waals surface area contributed by atoms with Gasteiger partial charge in [-0.05, 0) is 55.4 Å². The third-order valence-corrected chi connectivity index (χ3v) is 7.02. The van der Waals surface area contributed by atoms with Crippen LogP contribution in [0, 0.1) is 0 Å². The third-order valence-electron chi connectivity index (χ3n) is 7.02. The van der Waals surface area contributed by atoms with Crippen molar-refractivity contribution in [3.05, 3.63) is 65.7 Å². The van der Waals surface area contributed by atoms with Gasteiger partial charge in [-0.25, -0.2) is 4.79 Å². The Morgan fingerprint density at radius 2 is 1.62 bits per heavy atom. The summed E-state index contributed by atoms with van der Waals surface area (Å²) in [5.41, 5.74) is 18.5. The van der Waals surface area contributed by atoms with E-state index in [4.69, 9.17) is 17.2 Å². The largest absolute Gasteiger partial charge is 0.508 e. The number of phenolic OH excluding ortho intramolecular Hbond substituents is 1. The molecule has 10 N–H and O–H groups in total. The van der Waals surface area contributed by atoms with Crippen LogP contribution in [0.3, 0.4) is 0 Å². The number of hydrogen-bond donors (Lipinski definition) is 7. The molecule has 1 aliphatic rings. The van der Waals surface area contributed by atoms with Crippen LogP contribution in [0.15, 0.2) is 59.6 Å². The van der Waals surface area contributed by atoms with E-state index >= 15 is 0 Å². The number of carboxylic acid groups (broad SMARTS) is 1. The first kappa shape index (κ1) is 31.9. The number of phenols is 1. The van der Waals surface area contributed by atoms with E-state index < -0.39 is 42.0 Å². The van der Waals surface area contributed by atoms with Gasteiger partial charge in [0.15, 0.2) is 5.96 Å². The van der Waals surface area contributed by atoms with Crippen molar-refractivity contribution in [2.75, 3.05) is 13.1 Å². The molecule has 42 heavy (non-hydrogen) atoms. The molecule has 0 unspecified atom stereocenters. The summed E-state index contributed by atoms with van der Waals surface area (Å²) in [6.07, 6.45) is 1.71. The van der Waals surface area contributed by atoms with Crippen molar-refractivity contribution in [1.82, 2.24) is 15.5 Å². The van der Waals surface area contributed by atoms with E-state index in [0.717, 1.165) is 5.56 Å². The molecule has 3 rings (SSSR count). The van der Waals surface area contributed by atoms with Crippen molar-refractivity contribution in [1.29, 1.82) is 0 Å². The highest BCUT2D eigenvalue weighted by Gasteiger charge is 2.38. The van der Waals surface area contributed by atoms with Gasteiger partial charge in [0.25, 0.3) is 0 Å². The zero-order valence-corrected chi connectivity index (χ0v) is 23.3. The lowest BCUT2D eigenvalue weighted by molar-refractivity contribution is -0.143. The minimum absolute atomic E-state index is 0.0265. The molecule has 0 saturated carbocycles. The van der Waals surface area contributed by atoms with Gasteiger partial charge in [0.05, 0.1) is 6.04 Å². The molecule has 1 aliphatic heterocycles. The van der Waals surface area contributed by atoms with E-state index in [2.05, 4.69) is 15.6 Å². The molecule has 0 bridgehead atoms. The maximum absolute atomic E-state index is 13.4. The monoisotopic (exact) mass is 581 g/mol. The topological polar surface area (TPSA) is 226 Å². The van der Waals surface area contributed by atoms with E-state index in [1.807, 2.05) is 30.3 Å². The third kappa shape index (κ3) is 9.47. The molecule has 226 valence electrons. The molecule has 0 radical (unpaired) electrons. The van der Waals surface area contributed by atoms with Crippen molar-refractivity contribution in [3.8, 4) is 5.75 Å². The summed E-state index contributed by atoms with van der Waals surface area (Å²) in [6, 6.07) is 11.2. The quantitative estimate of drug-likeness (QED) is 0.0874. The van der Waals surface area contributed by atoms with Crippen molar-refractivity contribution < 1.29 is 29.4 Å². The maximum atomic E-state index is 13.4. The number of aliphatic imine (C=N–C) groups is 1. The van der Waals surface area contributed by atoms with Crippen LogP contribution in [0.2, 0.25) is 0 Å². The Hall–Kier alpha value is -4.65. The highest BCUT2D eigenvalue weighted by atomic mass is 16.4. The SMILES string of the molecule is NC(N)=NCCC[C@H](NC(=O)[C@@H]1CCCN1C(=O)[C@@H](N)Cc1ccccc1)C(=O)N[C@@H](Cc1ccc(O)cc1)C(=O)O. The Balaban J connectivity index is 1.70. The van der Waals surface area contributed by atoms with Crippen molar-refractivity contribution >= 4 is 29.7 Å². The second-order valence-electron chi connectivity index (χ2n) is 10.3. The Kier molecular flexibility index (Phi) is 11.7. The number of carbonyl (C=O) groups is 4. The fraction of sp³-hybridized carbons (Fsp3) is 0.414. The van der Waals surface area contributed by atoms with Gasteiger partial charge >= 0.3 is 5.97 Å². The lowest BCUT2D eigenvalue weighted by Crippen LogP contribution is -2.57. The molecule has 1 saturated heterocycles. The average molecular weight is 582 g/mol. The van der Waals surface area contributed by atoms with Gasteiger partial charge < -0.3 is 42.9 Å². The molecule has 2 aromatic rings. The molecule has 1 fully saturated rings. The number of nitrogens with one attached hydrogen (secondary N) is 2. The summed E-state index contributed by atoms with van der Waals surface area (Å²) in [5.74, 6) is -2.94. The summed E-state index contributed by atoms with van der Waals surface area (Å²) in [5, 5.41) is 24.5. The van der Waals surface area contributed by atoms with E-state index in [9.17, 15) is 29.4 Å². The second kappa shape index (κ2) is 15.4. The normalized spacial score (nSPS) is 16.6. The highest BCUT2D eigenvalue weighted by Crippen LogP contribution is 2.20. The molecule has 0 spiro atoms. The predicted octanol–water partition coefficient (Wildman–Crippen LogP) is -0.396. The van der Waals surface area contributed by atoms with E-state index in [1.165, 1.54) is 17.0 Å². The van der Waals surface area contributed by atoms with Gasteiger partial charge in [0.1, 0.15) is 23.9 Å². The summed E-state index contributed by atoms with van der Waals surface area (Å²) in [6.45, 7) is 0.550. The number of aliphatic carboxylic acids is 1. The number of aromatic hydroxyl groups is 1. The Labute approximate surface area is 244 Å². The van der Waals surface area contributed by atoms with Gasteiger partial charge in [-0.15, -0.1) is 0 Å². The number of nitrogens with two attached hydrogens (primary N) is 3. The molecular formula is C29H39N7O6. The maximum Gasteiger partial charge on any atom is 0.326 e. The van der Waals surface area contributed by atoms with E-state index in [-0.39, 0.29) is 37.0 Å². The van der Waals surface area contributed by atoms with Gasteiger partial charge in [-0.3, -0.25) is 19.4 Å². The van der Waals surface area contributed by atoms with Crippen LogP contribution in [-0.4, -0.2) is 82.0 Å². The predicted molar refractivity (Wildman–Crippen MR) is 156 cm³/mol. The number of rotatable bonds is 14. The first-order chi connectivity index (χ1) is 20.0. The molecule has 13 heteroatoms. The molecule has 0 aromatic heterocycles. The van der Waals surface area contributed by atoms with E-state index in [0.29, 0.717) is 37.8 Å². The molecule has 3 amide bonds. The van der Waals surface area contributed by atoms with Crippen LogP contribution >= 0.6 is 0 Å². The number of amides is 3. The Morgan fingerprint density at radius 3 is 2.26 bits per heavy atom. The van der Waals surface area contributed by atoms with Gasteiger partial charge in [0, 0.05) is 19.5 Å². The lowest BCUT2D eigenvalue weighted by Gasteiger charge is -2.28. The molecule has 1 heterocycles. The smallest absolute Gasteiger partial charge is 0.326 e. The Morgan fingerprint density at radius 1 is 0.952 bits per heavy atom. The number of carboxylic acids is 1. The number of benzene rings is 2. The summed E-state index contributed by atoms with van der Waals surface area (Å²) in [7, 11) is 0. The first-order valence-electron chi connectivity index (χ1n) is 13.8. The van der Waals surface area contributed by atoms with Crippen LogP contribution in [0.4, 0.5) is 0 Å². The zero-order valence-electron chi connectivity index (χ0n) is 23.3. The standard InChI is InChI=1S/C29H39N7O6/c30-21(16-18-6-2-1-3-7-18)27(40)36-15-5-9-24(36)26(39)34-22(8-4-14-33-29(31)32)25(38)35-23(28(41)42)17-19-10-12-20(37)13-11-19/h1-3,6-7,10-13,21-24,37H,4-5,8-9,14-17,30H2,(H,34,39)(H,35,38)(H,41,42)(H4,31,32,33)/t21-,22-,23-,24-/m0/s1. The molecule has 0 aliphatic carbocycles. The second-order valence-corrected chi connectivity index (χ2v) is 10.3. The average Bonchev–Trinajstić information content (AvgIpc) is 3.45. The van der Waals surface area contributed by atoms with Crippen molar-refractivity contribution in [2.45, 2.75) is 62.7 Å².